The molecule has 2 heterocycles. The van der Waals surface area contributed by atoms with Crippen molar-refractivity contribution in [3.63, 3.8) is 0 Å². The van der Waals surface area contributed by atoms with Crippen LogP contribution in [0.25, 0.3) is 4.91 Å². The topological polar surface area (TPSA) is 54.7 Å². The molecule has 2 aromatic rings. The molecule has 1 aliphatic heterocycles. The lowest BCUT2D eigenvalue weighted by molar-refractivity contribution is -0.121. The zero-order valence-electron chi connectivity index (χ0n) is 14.4. The second-order valence-electron chi connectivity index (χ2n) is 5.93. The number of hydrogen-bond acceptors (Lipinski definition) is 5. The van der Waals surface area contributed by atoms with E-state index in [1.54, 1.807) is 18.0 Å². The molecule has 1 aliphatic rings. The van der Waals surface area contributed by atoms with Crippen LogP contribution in [-0.4, -0.2) is 43.8 Å². The predicted octanol–water partition coefficient (Wildman–Crippen LogP) is 3.13. The summed E-state index contributed by atoms with van der Waals surface area (Å²) in [6.07, 6.45) is 1.64. The quantitative estimate of drug-likeness (QED) is 0.860. The van der Waals surface area contributed by atoms with Gasteiger partial charge in [0.2, 0.25) is 0 Å². The first-order valence-electron chi connectivity index (χ1n) is 8.20. The van der Waals surface area contributed by atoms with Crippen LogP contribution in [0.5, 0.6) is 0 Å². The summed E-state index contributed by atoms with van der Waals surface area (Å²) in [5.74, 6) is 1.87. The standard InChI is InChI=1S/C19H22N2O3S/c1-21(2)15(16-9-6-10-23-16)13-20-19(22)17-18(25-12-11-24-17)14-7-4-3-5-8-14/h3-10,15H,11-13H2,1-2H3,(H,20,22)/t15-/m0/s1. The van der Waals surface area contributed by atoms with E-state index >= 15 is 0 Å². The van der Waals surface area contributed by atoms with Crippen LogP contribution in [0.4, 0.5) is 0 Å². The summed E-state index contributed by atoms with van der Waals surface area (Å²) in [4.78, 5) is 15.6. The average molecular weight is 358 g/mol. The van der Waals surface area contributed by atoms with Gasteiger partial charge in [-0.2, -0.15) is 0 Å². The largest absolute Gasteiger partial charge is 0.486 e. The summed E-state index contributed by atoms with van der Waals surface area (Å²) < 4.78 is 11.2. The number of benzene rings is 1. The second-order valence-corrected chi connectivity index (χ2v) is 7.03. The molecule has 1 atom stereocenters. The number of furan rings is 1. The van der Waals surface area contributed by atoms with Crippen LogP contribution < -0.4 is 5.32 Å². The molecule has 25 heavy (non-hydrogen) atoms. The van der Waals surface area contributed by atoms with Gasteiger partial charge in [0.1, 0.15) is 5.76 Å². The van der Waals surface area contributed by atoms with Gasteiger partial charge in [-0.15, -0.1) is 11.8 Å². The summed E-state index contributed by atoms with van der Waals surface area (Å²) in [5, 5.41) is 2.99. The van der Waals surface area contributed by atoms with Gasteiger partial charge >= 0.3 is 0 Å². The van der Waals surface area contributed by atoms with Gasteiger partial charge in [0.15, 0.2) is 5.76 Å². The monoisotopic (exact) mass is 358 g/mol. The molecular weight excluding hydrogens is 336 g/mol. The highest BCUT2D eigenvalue weighted by Crippen LogP contribution is 2.34. The summed E-state index contributed by atoms with van der Waals surface area (Å²) in [6.45, 7) is 0.984. The molecule has 0 fully saturated rings. The Kier molecular flexibility index (Phi) is 5.83. The van der Waals surface area contributed by atoms with Crippen LogP contribution in [-0.2, 0) is 9.53 Å². The molecule has 0 radical (unpaired) electrons. The number of amides is 1. The fraction of sp³-hybridized carbons (Fsp3) is 0.316. The van der Waals surface area contributed by atoms with E-state index in [4.69, 9.17) is 9.15 Å². The van der Waals surface area contributed by atoms with Crippen molar-refractivity contribution in [3.8, 4) is 0 Å². The molecule has 1 aromatic carbocycles. The SMILES string of the molecule is CN(C)[C@@H](CNC(=O)C1=C(c2ccccc2)SCCO1)c1ccco1. The van der Waals surface area contributed by atoms with Crippen molar-refractivity contribution in [2.75, 3.05) is 33.0 Å². The molecule has 1 amide bonds. The second kappa shape index (κ2) is 8.27. The molecule has 3 rings (SSSR count). The van der Waals surface area contributed by atoms with Crippen molar-refractivity contribution >= 4 is 22.6 Å². The highest BCUT2D eigenvalue weighted by atomic mass is 32.2. The number of likely N-dealkylation sites (N-methyl/N-ethyl adjacent to an activating group) is 1. The van der Waals surface area contributed by atoms with E-state index in [0.29, 0.717) is 18.9 Å². The summed E-state index contributed by atoms with van der Waals surface area (Å²) in [6, 6.07) is 13.6. The first kappa shape index (κ1) is 17.6. The third-order valence-electron chi connectivity index (χ3n) is 3.98. The van der Waals surface area contributed by atoms with E-state index in [2.05, 4.69) is 5.32 Å². The Labute approximate surface area is 152 Å². The molecule has 0 aliphatic carbocycles. The van der Waals surface area contributed by atoms with Gasteiger partial charge in [0.05, 0.1) is 23.8 Å². The number of carbonyl (C=O) groups excluding carboxylic acids is 1. The molecule has 0 saturated heterocycles. The lowest BCUT2D eigenvalue weighted by Crippen LogP contribution is -2.36. The minimum atomic E-state index is -0.190. The molecule has 1 N–H and O–H groups in total. The third-order valence-corrected chi connectivity index (χ3v) is 5.06. The van der Waals surface area contributed by atoms with Gasteiger partial charge in [-0.05, 0) is 31.8 Å². The van der Waals surface area contributed by atoms with Crippen LogP contribution in [0, 0.1) is 0 Å². The van der Waals surface area contributed by atoms with E-state index in [0.717, 1.165) is 22.0 Å². The number of ether oxygens (including phenoxy) is 1. The zero-order valence-corrected chi connectivity index (χ0v) is 15.2. The Balaban J connectivity index is 1.75. The molecule has 6 heteroatoms. The maximum atomic E-state index is 12.7. The Bertz CT molecular complexity index is 726. The third kappa shape index (κ3) is 4.27. The van der Waals surface area contributed by atoms with E-state index in [-0.39, 0.29) is 11.9 Å². The van der Waals surface area contributed by atoms with E-state index in [1.165, 1.54) is 0 Å². The maximum Gasteiger partial charge on any atom is 0.287 e. The summed E-state index contributed by atoms with van der Waals surface area (Å²) in [7, 11) is 3.92. The summed E-state index contributed by atoms with van der Waals surface area (Å²) in [5.41, 5.74) is 1.01. The molecule has 0 spiro atoms. The van der Waals surface area contributed by atoms with Crippen LogP contribution in [0.15, 0.2) is 58.9 Å². The van der Waals surface area contributed by atoms with Gasteiger partial charge in [-0.1, -0.05) is 30.3 Å². The first-order chi connectivity index (χ1) is 12.2. The summed E-state index contributed by atoms with van der Waals surface area (Å²) >= 11 is 1.66. The number of rotatable bonds is 6. The highest BCUT2D eigenvalue weighted by Gasteiger charge is 2.25. The van der Waals surface area contributed by atoms with E-state index in [9.17, 15) is 4.79 Å². The minimum absolute atomic E-state index is 0.0315. The van der Waals surface area contributed by atoms with E-state index in [1.807, 2.05) is 61.5 Å². The molecule has 132 valence electrons. The van der Waals surface area contributed by atoms with Crippen molar-refractivity contribution < 1.29 is 13.9 Å². The first-order valence-corrected chi connectivity index (χ1v) is 9.18. The lowest BCUT2D eigenvalue weighted by atomic mass is 10.2. The molecular formula is C19H22N2O3S. The van der Waals surface area contributed by atoms with Crippen LogP contribution in [0.2, 0.25) is 0 Å². The zero-order chi connectivity index (χ0) is 17.6. The molecule has 0 unspecified atom stereocenters. The van der Waals surface area contributed by atoms with Crippen molar-refractivity contribution in [1.82, 2.24) is 10.2 Å². The van der Waals surface area contributed by atoms with Gasteiger partial charge in [0.25, 0.3) is 5.91 Å². The van der Waals surface area contributed by atoms with E-state index < -0.39 is 0 Å². The van der Waals surface area contributed by atoms with Gasteiger partial charge < -0.3 is 14.5 Å². The number of thioether (sulfide) groups is 1. The predicted molar refractivity (Wildman–Crippen MR) is 99.9 cm³/mol. The maximum absolute atomic E-state index is 12.7. The molecule has 1 aromatic heterocycles. The van der Waals surface area contributed by atoms with Crippen LogP contribution in [0.1, 0.15) is 17.4 Å². The Morgan fingerprint density at radius 3 is 2.72 bits per heavy atom. The number of carbonyl (C=O) groups is 1. The minimum Gasteiger partial charge on any atom is -0.486 e. The average Bonchev–Trinajstić information content (AvgIpc) is 3.16. The normalized spacial score (nSPS) is 15.8. The fourth-order valence-corrected chi connectivity index (χ4v) is 3.64. The smallest absolute Gasteiger partial charge is 0.287 e. The van der Waals surface area contributed by atoms with Gasteiger partial charge in [0, 0.05) is 12.3 Å². The number of hydrogen-bond donors (Lipinski definition) is 1. The van der Waals surface area contributed by atoms with Crippen molar-refractivity contribution in [2.24, 2.45) is 0 Å². The lowest BCUT2D eigenvalue weighted by Gasteiger charge is -2.24. The number of nitrogens with zero attached hydrogens (tertiary/aromatic N) is 1. The number of nitrogens with one attached hydrogen (secondary N) is 1. The Morgan fingerprint density at radius 2 is 2.04 bits per heavy atom. The van der Waals surface area contributed by atoms with Gasteiger partial charge in [-0.3, -0.25) is 9.69 Å². The van der Waals surface area contributed by atoms with Crippen molar-refractivity contribution in [1.29, 1.82) is 0 Å². The highest BCUT2D eigenvalue weighted by molar-refractivity contribution is 8.08. The Hall–Kier alpha value is -2.18. The van der Waals surface area contributed by atoms with Crippen molar-refractivity contribution in [2.45, 2.75) is 6.04 Å². The Morgan fingerprint density at radius 1 is 1.24 bits per heavy atom. The molecule has 0 bridgehead atoms. The van der Waals surface area contributed by atoms with Crippen LogP contribution in [0.3, 0.4) is 0 Å². The molecule has 0 saturated carbocycles. The molecule has 5 nitrogen and oxygen atoms in total. The van der Waals surface area contributed by atoms with Gasteiger partial charge in [-0.25, -0.2) is 0 Å². The van der Waals surface area contributed by atoms with Crippen LogP contribution >= 0.6 is 11.8 Å². The fourth-order valence-electron chi connectivity index (χ4n) is 2.68. The van der Waals surface area contributed by atoms with Crippen molar-refractivity contribution in [3.05, 3.63) is 65.8 Å².